The summed E-state index contributed by atoms with van der Waals surface area (Å²) in [5, 5.41) is 6.17. The molecule has 3 atom stereocenters. The van der Waals surface area contributed by atoms with Gasteiger partial charge in [0.15, 0.2) is 11.5 Å². The van der Waals surface area contributed by atoms with Crippen LogP contribution >= 0.6 is 0 Å². The maximum atomic E-state index is 12.8. The topological polar surface area (TPSA) is 79.9 Å². The highest BCUT2D eigenvalue weighted by Gasteiger charge is 2.41. The first-order chi connectivity index (χ1) is 14.3. The molecule has 164 valence electrons. The summed E-state index contributed by atoms with van der Waals surface area (Å²) in [5.41, 5.74) is 0.330. The van der Waals surface area contributed by atoms with Crippen molar-refractivity contribution in [2.24, 2.45) is 5.92 Å². The van der Waals surface area contributed by atoms with Gasteiger partial charge in [0.1, 0.15) is 13.2 Å². The van der Waals surface area contributed by atoms with Crippen LogP contribution in [0, 0.1) is 5.92 Å². The summed E-state index contributed by atoms with van der Waals surface area (Å²) in [5.74, 6) is 1.60. The average molecular weight is 416 g/mol. The van der Waals surface area contributed by atoms with Crippen molar-refractivity contribution >= 4 is 11.8 Å². The van der Waals surface area contributed by atoms with Crippen LogP contribution in [0.1, 0.15) is 56.8 Å². The van der Waals surface area contributed by atoms with Crippen molar-refractivity contribution in [2.45, 2.75) is 64.1 Å². The van der Waals surface area contributed by atoms with Crippen LogP contribution in [0.2, 0.25) is 0 Å². The van der Waals surface area contributed by atoms with E-state index in [0.29, 0.717) is 61.4 Å². The van der Waals surface area contributed by atoms with Crippen molar-refractivity contribution in [2.75, 3.05) is 26.3 Å². The summed E-state index contributed by atoms with van der Waals surface area (Å²) in [6, 6.07) is 6.29. The van der Waals surface area contributed by atoms with Crippen molar-refractivity contribution in [3.63, 3.8) is 0 Å². The Balaban J connectivity index is 1.31. The molecule has 7 heteroatoms. The molecular formula is C23H33N3O4. The zero-order valence-electron chi connectivity index (χ0n) is 18.2. The van der Waals surface area contributed by atoms with Gasteiger partial charge in [-0.05, 0) is 64.5 Å². The van der Waals surface area contributed by atoms with E-state index < -0.39 is 0 Å². The number of carbonyl (C=O) groups excluding carboxylic acids is 2. The minimum atomic E-state index is -0.204. The first-order valence-corrected chi connectivity index (χ1v) is 11.0. The Morgan fingerprint density at radius 2 is 1.80 bits per heavy atom. The number of fused-ring (bicyclic) bond motifs is 3. The molecule has 0 aromatic heterocycles. The molecule has 0 saturated carbocycles. The van der Waals surface area contributed by atoms with E-state index in [1.165, 1.54) is 0 Å². The number of hydrogen-bond donors (Lipinski definition) is 2. The van der Waals surface area contributed by atoms with Crippen LogP contribution in [0.4, 0.5) is 0 Å². The molecule has 2 bridgehead atoms. The molecular weight excluding hydrogens is 382 g/mol. The maximum Gasteiger partial charge on any atom is 0.255 e. The molecule has 30 heavy (non-hydrogen) atoms. The molecule has 1 aromatic carbocycles. The van der Waals surface area contributed by atoms with E-state index in [-0.39, 0.29) is 17.4 Å². The van der Waals surface area contributed by atoms with Crippen molar-refractivity contribution in [3.8, 4) is 11.5 Å². The monoisotopic (exact) mass is 415 g/mol. The number of ether oxygens (including phenoxy) is 2. The summed E-state index contributed by atoms with van der Waals surface area (Å²) >= 11 is 0. The van der Waals surface area contributed by atoms with Gasteiger partial charge < -0.3 is 20.1 Å². The highest BCUT2D eigenvalue weighted by atomic mass is 16.6. The van der Waals surface area contributed by atoms with Gasteiger partial charge in [0.2, 0.25) is 5.91 Å². The number of hydrogen-bond acceptors (Lipinski definition) is 5. The molecule has 4 rings (SSSR count). The molecule has 2 N–H and O–H groups in total. The van der Waals surface area contributed by atoms with E-state index in [0.717, 1.165) is 25.7 Å². The van der Waals surface area contributed by atoms with Crippen molar-refractivity contribution in [3.05, 3.63) is 23.8 Å². The van der Waals surface area contributed by atoms with Gasteiger partial charge in [0, 0.05) is 24.2 Å². The molecule has 3 aliphatic rings. The standard InChI is InChI=1S/C23H33N3O4/c1-23(2,3)25-20(27)14-26-16-7-8-17(26)12-15(11-16)13-24-22(28)18-5-4-6-19-21(18)30-10-9-29-19/h4-6,15-17H,7-14H2,1-3H3,(H,24,28)(H,25,27)/t15?,16-,17+. The number of nitrogens with zero attached hydrogens (tertiary/aromatic N) is 1. The van der Waals surface area contributed by atoms with E-state index >= 15 is 0 Å². The fourth-order valence-corrected chi connectivity index (χ4v) is 5.02. The van der Waals surface area contributed by atoms with Gasteiger partial charge in [-0.15, -0.1) is 0 Å². The maximum absolute atomic E-state index is 12.8. The summed E-state index contributed by atoms with van der Waals surface area (Å²) in [4.78, 5) is 27.5. The summed E-state index contributed by atoms with van der Waals surface area (Å²) in [6.07, 6.45) is 4.31. The lowest BCUT2D eigenvalue weighted by Gasteiger charge is -2.39. The van der Waals surface area contributed by atoms with Gasteiger partial charge in [0.25, 0.3) is 5.91 Å². The predicted octanol–water partition coefficient (Wildman–Crippen LogP) is 2.35. The van der Waals surface area contributed by atoms with E-state index in [2.05, 4.69) is 15.5 Å². The van der Waals surface area contributed by atoms with Gasteiger partial charge in [-0.3, -0.25) is 14.5 Å². The minimum absolute atomic E-state index is 0.0993. The Morgan fingerprint density at radius 3 is 2.50 bits per heavy atom. The quantitative estimate of drug-likeness (QED) is 0.772. The Kier molecular flexibility index (Phi) is 5.91. The van der Waals surface area contributed by atoms with Crippen molar-refractivity contribution < 1.29 is 19.1 Å². The van der Waals surface area contributed by atoms with E-state index in [9.17, 15) is 9.59 Å². The molecule has 0 aliphatic carbocycles. The molecule has 1 aromatic rings. The van der Waals surface area contributed by atoms with Crippen LogP contribution < -0.4 is 20.1 Å². The third-order valence-corrected chi connectivity index (χ3v) is 6.18. The van der Waals surface area contributed by atoms with Crippen molar-refractivity contribution in [1.82, 2.24) is 15.5 Å². The molecule has 3 aliphatic heterocycles. The normalized spacial score (nSPS) is 25.6. The highest BCUT2D eigenvalue weighted by molar-refractivity contribution is 5.97. The minimum Gasteiger partial charge on any atom is -0.486 e. The summed E-state index contributed by atoms with van der Waals surface area (Å²) in [7, 11) is 0. The second-order valence-corrected chi connectivity index (χ2v) is 9.73. The molecule has 2 fully saturated rings. The van der Waals surface area contributed by atoms with Gasteiger partial charge in [-0.1, -0.05) is 6.07 Å². The fourth-order valence-electron chi connectivity index (χ4n) is 5.02. The van der Waals surface area contributed by atoms with Gasteiger partial charge in [-0.25, -0.2) is 0 Å². The molecule has 2 saturated heterocycles. The molecule has 0 spiro atoms. The number of nitrogens with one attached hydrogen (secondary N) is 2. The van der Waals surface area contributed by atoms with Gasteiger partial charge in [0.05, 0.1) is 12.1 Å². The Morgan fingerprint density at radius 1 is 1.10 bits per heavy atom. The highest BCUT2D eigenvalue weighted by Crippen LogP contribution is 2.38. The number of para-hydroxylation sites is 1. The number of rotatable bonds is 5. The van der Waals surface area contributed by atoms with Crippen molar-refractivity contribution in [1.29, 1.82) is 0 Å². The smallest absolute Gasteiger partial charge is 0.255 e. The largest absolute Gasteiger partial charge is 0.486 e. The van der Waals surface area contributed by atoms with Crippen LogP contribution in [0.5, 0.6) is 11.5 Å². The van der Waals surface area contributed by atoms with Gasteiger partial charge >= 0.3 is 0 Å². The van der Waals surface area contributed by atoms with Gasteiger partial charge in [-0.2, -0.15) is 0 Å². The number of piperidine rings is 1. The Hall–Kier alpha value is -2.28. The first kappa shape index (κ1) is 21.0. The number of amides is 2. The van der Waals surface area contributed by atoms with Crippen LogP contribution in [0.15, 0.2) is 18.2 Å². The molecule has 0 radical (unpaired) electrons. The molecule has 7 nitrogen and oxygen atoms in total. The van der Waals surface area contributed by atoms with E-state index in [4.69, 9.17) is 9.47 Å². The third kappa shape index (κ3) is 4.72. The lowest BCUT2D eigenvalue weighted by molar-refractivity contribution is -0.125. The SMILES string of the molecule is CC(C)(C)NC(=O)CN1[C@@H]2CC[C@H]1CC(CNC(=O)c1cccc3c1OCCO3)C2. The van der Waals surface area contributed by atoms with Crippen LogP contribution in [0.25, 0.3) is 0 Å². The van der Waals surface area contributed by atoms with Crippen LogP contribution in [-0.2, 0) is 4.79 Å². The van der Waals surface area contributed by atoms with Crippen LogP contribution in [0.3, 0.4) is 0 Å². The fraction of sp³-hybridized carbons (Fsp3) is 0.652. The first-order valence-electron chi connectivity index (χ1n) is 11.0. The zero-order valence-corrected chi connectivity index (χ0v) is 18.2. The number of benzene rings is 1. The Labute approximate surface area is 178 Å². The summed E-state index contributed by atoms with van der Waals surface area (Å²) < 4.78 is 11.2. The van der Waals surface area contributed by atoms with E-state index in [1.54, 1.807) is 6.07 Å². The Bertz CT molecular complexity index is 790. The predicted molar refractivity (Wildman–Crippen MR) is 114 cm³/mol. The molecule has 3 heterocycles. The van der Waals surface area contributed by atoms with E-state index in [1.807, 2.05) is 32.9 Å². The molecule has 1 unspecified atom stereocenters. The summed E-state index contributed by atoms with van der Waals surface area (Å²) in [6.45, 7) is 8.12. The molecule has 2 amide bonds. The number of carbonyl (C=O) groups is 2. The average Bonchev–Trinajstić information content (AvgIpc) is 2.92. The lowest BCUT2D eigenvalue weighted by Crippen LogP contribution is -2.52. The second-order valence-electron chi connectivity index (χ2n) is 9.73. The van der Waals surface area contributed by atoms with Crippen LogP contribution in [-0.4, -0.2) is 60.6 Å². The third-order valence-electron chi connectivity index (χ3n) is 6.18. The lowest BCUT2D eigenvalue weighted by atomic mass is 9.90. The zero-order chi connectivity index (χ0) is 21.3. The second kappa shape index (κ2) is 8.46.